The van der Waals surface area contributed by atoms with Crippen LogP contribution >= 0.6 is 0 Å². The summed E-state index contributed by atoms with van der Waals surface area (Å²) >= 11 is 0. The number of nitro groups is 2. The Balaban J connectivity index is 4.28. The first-order chi connectivity index (χ1) is 22.3. The molecular weight excluding hydrogens is 784 g/mol. The summed E-state index contributed by atoms with van der Waals surface area (Å²) in [7, 11) is 0. The largest absolute Gasteiger partial charge is 0.506 e. The molecule has 2 unspecified atom stereocenters. The Morgan fingerprint density at radius 2 is 1.04 bits per heavy atom. The van der Waals surface area contributed by atoms with E-state index in [4.69, 9.17) is 5.11 Å². The summed E-state index contributed by atoms with van der Waals surface area (Å²) in [6, 6.07) is -0.519. The molecule has 0 saturated carbocycles. The van der Waals surface area contributed by atoms with Crippen molar-refractivity contribution in [3.8, 4) is 0 Å². The van der Waals surface area contributed by atoms with Gasteiger partial charge in [-0.15, -0.1) is 0 Å². The standard InChI is InChI=1S/C22H14F20N2O7/c1-3-6(2)8-4-7(43(47)48)5-9(44(49)50)10(8)11(51-13(45)46)14(25,26)16(29,30)18(33,34)20(37,38)22(41,42)21(39,40)19(35,36)17(31,32)15(27,28)12(23)24/h4-6,11-12H,3H2,1-2H3,(H,45,46). The average molecular weight is 798 g/mol. The highest BCUT2D eigenvalue weighted by Gasteiger charge is 2.97. The van der Waals surface area contributed by atoms with E-state index < -0.39 is 123 Å². The van der Waals surface area contributed by atoms with Crippen LogP contribution < -0.4 is 0 Å². The summed E-state index contributed by atoms with van der Waals surface area (Å²) < 4.78 is 283. The summed E-state index contributed by atoms with van der Waals surface area (Å²) in [4.78, 5) is 30.3. The van der Waals surface area contributed by atoms with Gasteiger partial charge in [-0.1, -0.05) is 13.8 Å². The Hall–Kier alpha value is -4.11. The Morgan fingerprint density at radius 1 is 0.686 bits per heavy atom. The Morgan fingerprint density at radius 3 is 1.33 bits per heavy atom. The van der Waals surface area contributed by atoms with Gasteiger partial charge >= 0.3 is 65.9 Å². The molecule has 29 heteroatoms. The fraction of sp³-hybridized carbons (Fsp3) is 0.682. The van der Waals surface area contributed by atoms with Crippen molar-refractivity contribution >= 4 is 17.5 Å². The molecule has 1 aromatic carbocycles. The number of alkyl halides is 20. The maximum Gasteiger partial charge on any atom is 0.506 e. The van der Waals surface area contributed by atoms with E-state index in [1.165, 1.54) is 0 Å². The van der Waals surface area contributed by atoms with Gasteiger partial charge in [0.05, 0.1) is 21.5 Å². The Bertz CT molecular complexity index is 1520. The van der Waals surface area contributed by atoms with Crippen LogP contribution in [-0.2, 0) is 4.74 Å². The van der Waals surface area contributed by atoms with E-state index in [2.05, 4.69) is 4.74 Å². The van der Waals surface area contributed by atoms with Crippen molar-refractivity contribution in [3.63, 3.8) is 0 Å². The Labute approximate surface area is 266 Å². The average Bonchev–Trinajstić information content (AvgIpc) is 2.97. The van der Waals surface area contributed by atoms with Gasteiger partial charge in [-0.3, -0.25) is 20.2 Å². The topological polar surface area (TPSA) is 133 Å². The molecule has 1 N–H and O–H groups in total. The number of nitrogens with zero attached hydrogens (tertiary/aromatic N) is 2. The van der Waals surface area contributed by atoms with Gasteiger partial charge in [-0.2, -0.15) is 79.0 Å². The lowest BCUT2D eigenvalue weighted by atomic mass is 9.82. The monoisotopic (exact) mass is 798 g/mol. The molecular formula is C22H14F20N2O7. The quantitative estimate of drug-likeness (QED) is 0.0762. The van der Waals surface area contributed by atoms with Crippen molar-refractivity contribution in [2.75, 3.05) is 0 Å². The fourth-order valence-electron chi connectivity index (χ4n) is 3.94. The minimum absolute atomic E-state index is 0.0538. The van der Waals surface area contributed by atoms with Gasteiger partial charge in [0.15, 0.2) is 0 Å². The van der Waals surface area contributed by atoms with Crippen molar-refractivity contribution in [3.05, 3.63) is 43.5 Å². The van der Waals surface area contributed by atoms with Crippen molar-refractivity contribution in [1.82, 2.24) is 0 Å². The van der Waals surface area contributed by atoms with Crippen molar-refractivity contribution in [2.45, 2.75) is 92.0 Å². The van der Waals surface area contributed by atoms with Crippen molar-refractivity contribution < 1.29 is 112 Å². The maximum absolute atomic E-state index is 15.3. The van der Waals surface area contributed by atoms with Gasteiger partial charge in [0.1, 0.15) is 0 Å². The second-order valence-electron chi connectivity index (χ2n) is 10.1. The molecule has 0 aliphatic carbocycles. The summed E-state index contributed by atoms with van der Waals surface area (Å²) in [5.74, 6) is -81.0. The third-order valence-corrected chi connectivity index (χ3v) is 7.01. The molecule has 0 radical (unpaired) electrons. The number of ether oxygens (including phenoxy) is 1. The molecule has 1 aromatic rings. The lowest BCUT2D eigenvalue weighted by molar-refractivity contribution is -0.467. The molecule has 0 spiro atoms. The Kier molecular flexibility index (Phi) is 11.6. The molecule has 0 heterocycles. The molecule has 0 fully saturated rings. The van der Waals surface area contributed by atoms with Gasteiger partial charge < -0.3 is 9.84 Å². The molecule has 0 aliphatic rings. The third-order valence-electron chi connectivity index (χ3n) is 7.01. The van der Waals surface area contributed by atoms with Crippen LogP contribution in [0.1, 0.15) is 43.4 Å². The maximum atomic E-state index is 15.3. The number of rotatable bonds is 16. The second-order valence-corrected chi connectivity index (χ2v) is 10.1. The molecule has 0 bridgehead atoms. The van der Waals surface area contributed by atoms with Gasteiger partial charge in [-0.05, 0) is 17.9 Å². The normalized spacial score (nSPS) is 15.8. The van der Waals surface area contributed by atoms with Crippen LogP contribution in [0.4, 0.5) is 104 Å². The molecule has 0 aliphatic heterocycles. The predicted molar refractivity (Wildman–Crippen MR) is 121 cm³/mol. The number of carbonyl (C=O) groups is 1. The molecule has 1 rings (SSSR count). The van der Waals surface area contributed by atoms with Crippen LogP contribution in [0.3, 0.4) is 0 Å². The van der Waals surface area contributed by atoms with E-state index in [0.29, 0.717) is 0 Å². The van der Waals surface area contributed by atoms with E-state index >= 15 is 8.78 Å². The first-order valence-corrected chi connectivity index (χ1v) is 12.4. The summed E-state index contributed by atoms with van der Waals surface area (Å²) in [6.45, 7) is 1.70. The molecule has 2 atom stereocenters. The zero-order valence-corrected chi connectivity index (χ0v) is 23.9. The van der Waals surface area contributed by atoms with E-state index in [0.717, 1.165) is 13.8 Å². The summed E-state index contributed by atoms with van der Waals surface area (Å²) in [6.07, 6.45) is -15.3. The number of nitro benzene ring substituents is 2. The lowest BCUT2D eigenvalue weighted by Crippen LogP contribution is -2.76. The third kappa shape index (κ3) is 6.36. The minimum Gasteiger partial charge on any atom is -0.450 e. The van der Waals surface area contributed by atoms with E-state index in [1.807, 2.05) is 0 Å². The molecule has 0 amide bonds. The molecule has 294 valence electrons. The smallest absolute Gasteiger partial charge is 0.450 e. The molecule has 0 saturated heterocycles. The number of hydrogen-bond acceptors (Lipinski definition) is 6. The van der Waals surface area contributed by atoms with E-state index in [9.17, 15) is 104 Å². The number of halogens is 20. The first-order valence-electron chi connectivity index (χ1n) is 12.4. The van der Waals surface area contributed by atoms with Crippen LogP contribution in [0, 0.1) is 20.2 Å². The van der Waals surface area contributed by atoms with E-state index in [-0.39, 0.29) is 6.07 Å². The lowest BCUT2D eigenvalue weighted by Gasteiger charge is -2.45. The molecule has 51 heavy (non-hydrogen) atoms. The summed E-state index contributed by atoms with van der Waals surface area (Å²) in [5.41, 5.74) is -7.79. The predicted octanol–water partition coefficient (Wildman–Crippen LogP) is 9.73. The van der Waals surface area contributed by atoms with Crippen LogP contribution in [0.2, 0.25) is 0 Å². The highest BCUT2D eigenvalue weighted by molar-refractivity contribution is 5.61. The van der Waals surface area contributed by atoms with Crippen LogP contribution in [0.5, 0.6) is 0 Å². The van der Waals surface area contributed by atoms with Crippen LogP contribution in [-0.4, -0.2) is 80.8 Å². The van der Waals surface area contributed by atoms with Crippen LogP contribution in [0.25, 0.3) is 0 Å². The van der Waals surface area contributed by atoms with Gasteiger partial charge in [0, 0.05) is 6.07 Å². The number of hydrogen-bond donors (Lipinski definition) is 1. The zero-order valence-electron chi connectivity index (χ0n) is 23.9. The number of carboxylic acid groups (broad SMARTS) is 1. The number of non-ortho nitro benzene ring substituents is 1. The SMILES string of the molecule is CCC(C)c1cc([N+](=O)[O-])cc([N+](=O)[O-])c1C(OC(=O)O)C(F)(F)C(F)(F)C(F)(F)C(F)(F)C(F)(F)C(F)(F)C(F)(F)C(F)(F)C(F)(F)C(F)F. The van der Waals surface area contributed by atoms with Gasteiger partial charge in [0.2, 0.25) is 6.10 Å². The van der Waals surface area contributed by atoms with Gasteiger partial charge in [0.25, 0.3) is 11.4 Å². The van der Waals surface area contributed by atoms with E-state index in [1.54, 1.807) is 0 Å². The number of benzene rings is 1. The summed E-state index contributed by atoms with van der Waals surface area (Å²) in [5, 5.41) is 31.6. The fourth-order valence-corrected chi connectivity index (χ4v) is 3.94. The second kappa shape index (κ2) is 13.1. The minimum atomic E-state index is -9.38. The van der Waals surface area contributed by atoms with Crippen molar-refractivity contribution in [1.29, 1.82) is 0 Å². The van der Waals surface area contributed by atoms with Crippen molar-refractivity contribution in [2.24, 2.45) is 0 Å². The van der Waals surface area contributed by atoms with Crippen LogP contribution in [0.15, 0.2) is 12.1 Å². The molecule has 0 aromatic heterocycles. The highest BCUT2D eigenvalue weighted by Crippen LogP contribution is 2.66. The first kappa shape index (κ1) is 44.9. The highest BCUT2D eigenvalue weighted by atomic mass is 19.4. The molecule has 9 nitrogen and oxygen atoms in total. The van der Waals surface area contributed by atoms with Gasteiger partial charge in [-0.25, -0.2) is 13.6 Å². The zero-order chi connectivity index (χ0) is 41.1.